The summed E-state index contributed by atoms with van der Waals surface area (Å²) in [7, 11) is 0. The largest absolute Gasteiger partial charge is 0.356 e. The van der Waals surface area contributed by atoms with Crippen molar-refractivity contribution >= 4 is 11.8 Å². The van der Waals surface area contributed by atoms with Gasteiger partial charge in [0.05, 0.1) is 0 Å². The normalized spacial score (nSPS) is 19.4. The minimum atomic E-state index is 0.0172. The Morgan fingerprint density at radius 3 is 2.71 bits per heavy atom. The molecule has 5 heteroatoms. The number of rotatable bonds is 6. The molecule has 1 aliphatic rings. The van der Waals surface area contributed by atoms with Crippen molar-refractivity contribution in [1.82, 2.24) is 16.0 Å². The highest BCUT2D eigenvalue weighted by molar-refractivity contribution is 5.79. The van der Waals surface area contributed by atoms with Gasteiger partial charge in [-0.2, -0.15) is 0 Å². The molecule has 0 aromatic carbocycles. The van der Waals surface area contributed by atoms with Crippen LogP contribution in [0.2, 0.25) is 0 Å². The van der Waals surface area contributed by atoms with E-state index in [-0.39, 0.29) is 17.9 Å². The van der Waals surface area contributed by atoms with Gasteiger partial charge >= 0.3 is 0 Å². The van der Waals surface area contributed by atoms with Gasteiger partial charge in [0.15, 0.2) is 0 Å². The minimum Gasteiger partial charge on any atom is -0.356 e. The molecule has 0 saturated carbocycles. The highest BCUT2D eigenvalue weighted by Crippen LogP contribution is 1.99. The molecule has 5 nitrogen and oxygen atoms in total. The molecule has 3 N–H and O–H groups in total. The van der Waals surface area contributed by atoms with Crippen LogP contribution in [0.25, 0.3) is 0 Å². The predicted molar refractivity (Wildman–Crippen MR) is 66.5 cm³/mol. The Labute approximate surface area is 103 Å². The summed E-state index contributed by atoms with van der Waals surface area (Å²) in [5.41, 5.74) is 0. The van der Waals surface area contributed by atoms with Crippen molar-refractivity contribution in [3.63, 3.8) is 0 Å². The molecule has 98 valence electrons. The molecule has 2 amide bonds. The monoisotopic (exact) mass is 241 g/mol. The molecule has 0 spiro atoms. The molecule has 1 rings (SSSR count). The van der Waals surface area contributed by atoms with Crippen LogP contribution in [-0.4, -0.2) is 37.5 Å². The second kappa shape index (κ2) is 7.27. The van der Waals surface area contributed by atoms with Crippen molar-refractivity contribution in [2.75, 3.05) is 19.6 Å². The van der Waals surface area contributed by atoms with E-state index in [4.69, 9.17) is 0 Å². The molecule has 0 radical (unpaired) electrons. The number of carbonyl (C=O) groups excluding carboxylic acids is 2. The summed E-state index contributed by atoms with van der Waals surface area (Å²) in [5.74, 6) is 0.396. The fraction of sp³-hybridized carbons (Fsp3) is 0.833. The second-order valence-corrected chi connectivity index (χ2v) is 4.96. The lowest BCUT2D eigenvalue weighted by molar-refractivity contribution is -0.122. The van der Waals surface area contributed by atoms with Crippen LogP contribution in [0.1, 0.15) is 33.1 Å². The lowest BCUT2D eigenvalue weighted by Gasteiger charge is -2.11. The van der Waals surface area contributed by atoms with E-state index in [1.54, 1.807) is 0 Å². The van der Waals surface area contributed by atoms with Crippen LogP contribution >= 0.6 is 0 Å². The van der Waals surface area contributed by atoms with Crippen LogP contribution in [-0.2, 0) is 9.59 Å². The van der Waals surface area contributed by atoms with Crippen molar-refractivity contribution in [2.24, 2.45) is 5.92 Å². The average Bonchev–Trinajstić information content (AvgIpc) is 2.69. The van der Waals surface area contributed by atoms with E-state index in [2.05, 4.69) is 16.0 Å². The topological polar surface area (TPSA) is 70.2 Å². The SMILES string of the molecule is CC(C)CC(=O)NCCC(=O)NC1CCNC1. The summed E-state index contributed by atoms with van der Waals surface area (Å²) in [4.78, 5) is 22.8. The zero-order valence-electron chi connectivity index (χ0n) is 10.7. The molecule has 1 unspecified atom stereocenters. The Kier molecular flexibility index (Phi) is 5.97. The van der Waals surface area contributed by atoms with E-state index < -0.39 is 0 Å². The Hall–Kier alpha value is -1.10. The van der Waals surface area contributed by atoms with Gasteiger partial charge in [-0.25, -0.2) is 0 Å². The van der Waals surface area contributed by atoms with Crippen LogP contribution in [0.15, 0.2) is 0 Å². The quantitative estimate of drug-likeness (QED) is 0.614. The second-order valence-electron chi connectivity index (χ2n) is 4.96. The van der Waals surface area contributed by atoms with Gasteiger partial charge in [-0.3, -0.25) is 9.59 Å². The number of nitrogens with one attached hydrogen (secondary N) is 3. The zero-order valence-corrected chi connectivity index (χ0v) is 10.7. The first kappa shape index (κ1) is 14.0. The van der Waals surface area contributed by atoms with Gasteiger partial charge < -0.3 is 16.0 Å². The molecule has 17 heavy (non-hydrogen) atoms. The van der Waals surface area contributed by atoms with Crippen LogP contribution in [0.5, 0.6) is 0 Å². The van der Waals surface area contributed by atoms with Crippen LogP contribution in [0, 0.1) is 5.92 Å². The molecular formula is C12H23N3O2. The summed E-state index contributed by atoms with van der Waals surface area (Å²) >= 11 is 0. The van der Waals surface area contributed by atoms with Crippen LogP contribution < -0.4 is 16.0 Å². The molecular weight excluding hydrogens is 218 g/mol. The third-order valence-electron chi connectivity index (χ3n) is 2.69. The number of hydrogen-bond acceptors (Lipinski definition) is 3. The summed E-state index contributed by atoms with van der Waals surface area (Å²) in [5, 5.41) is 8.88. The van der Waals surface area contributed by atoms with Gasteiger partial charge in [0.2, 0.25) is 11.8 Å². The van der Waals surface area contributed by atoms with Crippen molar-refractivity contribution in [1.29, 1.82) is 0 Å². The lowest BCUT2D eigenvalue weighted by Crippen LogP contribution is -2.38. The third-order valence-corrected chi connectivity index (χ3v) is 2.69. The molecule has 1 atom stereocenters. The molecule has 1 heterocycles. The standard InChI is InChI=1S/C12H23N3O2/c1-9(2)7-12(17)14-6-4-11(16)15-10-3-5-13-8-10/h9-10,13H,3-8H2,1-2H3,(H,14,17)(H,15,16). The van der Waals surface area contributed by atoms with Crippen molar-refractivity contribution in [3.8, 4) is 0 Å². The molecule has 0 aromatic rings. The molecule has 0 aliphatic carbocycles. The molecule has 0 aromatic heterocycles. The molecule has 1 fully saturated rings. The first-order valence-electron chi connectivity index (χ1n) is 6.34. The van der Waals surface area contributed by atoms with Crippen molar-refractivity contribution in [2.45, 2.75) is 39.2 Å². The first-order valence-corrected chi connectivity index (χ1v) is 6.34. The van der Waals surface area contributed by atoms with E-state index in [1.807, 2.05) is 13.8 Å². The van der Waals surface area contributed by atoms with E-state index in [0.717, 1.165) is 19.5 Å². The van der Waals surface area contributed by atoms with Gasteiger partial charge in [-0.05, 0) is 18.9 Å². The van der Waals surface area contributed by atoms with E-state index >= 15 is 0 Å². The first-order chi connectivity index (χ1) is 8.08. The van der Waals surface area contributed by atoms with Crippen LogP contribution in [0.3, 0.4) is 0 Å². The molecule has 0 bridgehead atoms. The van der Waals surface area contributed by atoms with Crippen molar-refractivity contribution in [3.05, 3.63) is 0 Å². The fourth-order valence-electron chi connectivity index (χ4n) is 1.84. The van der Waals surface area contributed by atoms with Crippen molar-refractivity contribution < 1.29 is 9.59 Å². The van der Waals surface area contributed by atoms with E-state index in [1.165, 1.54) is 0 Å². The molecule has 1 saturated heterocycles. The average molecular weight is 241 g/mol. The van der Waals surface area contributed by atoms with Crippen LogP contribution in [0.4, 0.5) is 0 Å². The number of amides is 2. The summed E-state index contributed by atoms with van der Waals surface area (Å²) < 4.78 is 0. The van der Waals surface area contributed by atoms with E-state index in [0.29, 0.717) is 25.3 Å². The van der Waals surface area contributed by atoms with Gasteiger partial charge in [0.1, 0.15) is 0 Å². The van der Waals surface area contributed by atoms with E-state index in [9.17, 15) is 9.59 Å². The summed E-state index contributed by atoms with van der Waals surface area (Å²) in [6, 6.07) is 0.258. The number of hydrogen-bond donors (Lipinski definition) is 3. The predicted octanol–water partition coefficient (Wildman–Crippen LogP) is 0.0169. The smallest absolute Gasteiger partial charge is 0.222 e. The van der Waals surface area contributed by atoms with Gasteiger partial charge in [-0.15, -0.1) is 0 Å². The number of carbonyl (C=O) groups is 2. The zero-order chi connectivity index (χ0) is 12.7. The summed E-state index contributed by atoms with van der Waals surface area (Å²) in [6.07, 6.45) is 1.87. The maximum absolute atomic E-state index is 11.5. The minimum absolute atomic E-state index is 0.0172. The van der Waals surface area contributed by atoms with Gasteiger partial charge in [0, 0.05) is 32.0 Å². The summed E-state index contributed by atoms with van der Waals surface area (Å²) in [6.45, 7) is 6.25. The maximum atomic E-state index is 11.5. The Morgan fingerprint density at radius 2 is 2.12 bits per heavy atom. The molecule has 1 aliphatic heterocycles. The highest BCUT2D eigenvalue weighted by Gasteiger charge is 2.16. The Morgan fingerprint density at radius 1 is 1.35 bits per heavy atom. The maximum Gasteiger partial charge on any atom is 0.222 e. The fourth-order valence-corrected chi connectivity index (χ4v) is 1.84. The van der Waals surface area contributed by atoms with Gasteiger partial charge in [0.25, 0.3) is 0 Å². The highest BCUT2D eigenvalue weighted by atomic mass is 16.2. The Bertz CT molecular complexity index is 260. The Balaban J connectivity index is 2.05. The van der Waals surface area contributed by atoms with Gasteiger partial charge in [-0.1, -0.05) is 13.8 Å². The lowest BCUT2D eigenvalue weighted by atomic mass is 10.1. The third kappa shape index (κ3) is 6.26.